The number of thiophene rings is 1. The zero-order chi connectivity index (χ0) is 20.1. The molecular formula is C18H22ClN3O4S2. The molecular weight excluding hydrogens is 422 g/mol. The molecule has 2 heterocycles. The molecule has 0 bridgehead atoms. The van der Waals surface area contributed by atoms with E-state index in [0.717, 1.165) is 10.4 Å². The molecule has 10 heteroatoms. The van der Waals surface area contributed by atoms with E-state index >= 15 is 0 Å². The number of halogens is 1. The number of carbonyl (C=O) groups is 1. The molecule has 1 aromatic heterocycles. The number of carbonyl (C=O) groups excluding carboxylic acids is 1. The number of urea groups is 1. The quantitative estimate of drug-likeness (QED) is 0.744. The molecule has 1 aliphatic rings. The van der Waals surface area contributed by atoms with Crippen LogP contribution in [0, 0.1) is 0 Å². The van der Waals surface area contributed by atoms with Gasteiger partial charge in [0.1, 0.15) is 4.21 Å². The number of nitrogens with one attached hydrogen (secondary N) is 1. The predicted molar refractivity (Wildman–Crippen MR) is 109 cm³/mol. The monoisotopic (exact) mass is 443 g/mol. The van der Waals surface area contributed by atoms with Crippen molar-refractivity contribution >= 4 is 39.0 Å². The summed E-state index contributed by atoms with van der Waals surface area (Å²) in [7, 11) is -1.83. The lowest BCUT2D eigenvalue weighted by atomic mass is 10.2. The molecule has 1 fully saturated rings. The van der Waals surface area contributed by atoms with E-state index in [1.165, 1.54) is 20.5 Å². The summed E-state index contributed by atoms with van der Waals surface area (Å²) in [6, 6.07) is 10.4. The summed E-state index contributed by atoms with van der Waals surface area (Å²) in [5.41, 5.74) is 0.858. The van der Waals surface area contributed by atoms with Gasteiger partial charge in [-0.1, -0.05) is 29.8 Å². The molecule has 1 aromatic carbocycles. The van der Waals surface area contributed by atoms with Crippen LogP contribution in [-0.4, -0.2) is 57.0 Å². The number of benzene rings is 1. The Balaban J connectivity index is 1.56. The lowest BCUT2D eigenvalue weighted by molar-refractivity contribution is 0.0731. The van der Waals surface area contributed by atoms with Gasteiger partial charge in [-0.05, 0) is 23.8 Å². The van der Waals surface area contributed by atoms with Gasteiger partial charge in [-0.25, -0.2) is 13.2 Å². The first-order valence-corrected chi connectivity index (χ1v) is 11.4. The third-order valence-electron chi connectivity index (χ3n) is 4.33. The van der Waals surface area contributed by atoms with Crippen LogP contribution in [0.3, 0.4) is 0 Å². The first kappa shape index (κ1) is 21.1. The number of ether oxygens (including phenoxy) is 1. The van der Waals surface area contributed by atoms with Gasteiger partial charge in [0.2, 0.25) is 0 Å². The highest BCUT2D eigenvalue weighted by molar-refractivity contribution is 7.91. The van der Waals surface area contributed by atoms with E-state index in [1.807, 2.05) is 18.2 Å². The number of hydrogen-bond donors (Lipinski definition) is 1. The average Bonchev–Trinajstić information content (AvgIpc) is 3.18. The fourth-order valence-electron chi connectivity index (χ4n) is 2.76. The summed E-state index contributed by atoms with van der Waals surface area (Å²) >= 11 is 7.30. The Hall–Kier alpha value is -1.65. The number of morpholine rings is 1. The molecule has 0 aliphatic carbocycles. The maximum Gasteiger partial charge on any atom is 0.317 e. The third-order valence-corrected chi connectivity index (χ3v) is 8.15. The number of nitrogens with zero attached hydrogens (tertiary/aromatic N) is 2. The molecule has 1 aliphatic heterocycles. The Morgan fingerprint density at radius 3 is 2.68 bits per heavy atom. The second kappa shape index (κ2) is 9.23. The smallest absolute Gasteiger partial charge is 0.317 e. The molecule has 7 nitrogen and oxygen atoms in total. The van der Waals surface area contributed by atoms with Crippen LogP contribution in [0.5, 0.6) is 0 Å². The Labute approximate surface area is 173 Å². The van der Waals surface area contributed by atoms with Gasteiger partial charge in [0, 0.05) is 36.6 Å². The third kappa shape index (κ3) is 5.03. The van der Waals surface area contributed by atoms with Gasteiger partial charge in [0.15, 0.2) is 0 Å². The van der Waals surface area contributed by atoms with Crippen LogP contribution in [0.1, 0.15) is 10.4 Å². The van der Waals surface area contributed by atoms with E-state index in [1.54, 1.807) is 25.2 Å². The highest BCUT2D eigenvalue weighted by Crippen LogP contribution is 2.25. The van der Waals surface area contributed by atoms with Crippen LogP contribution in [0.15, 0.2) is 40.6 Å². The van der Waals surface area contributed by atoms with Gasteiger partial charge < -0.3 is 15.0 Å². The van der Waals surface area contributed by atoms with Crippen LogP contribution in [0.4, 0.5) is 4.79 Å². The van der Waals surface area contributed by atoms with Gasteiger partial charge in [0.05, 0.1) is 19.8 Å². The Morgan fingerprint density at radius 1 is 1.25 bits per heavy atom. The van der Waals surface area contributed by atoms with Gasteiger partial charge >= 0.3 is 6.03 Å². The number of amides is 2. The normalized spacial score (nSPS) is 15.4. The van der Waals surface area contributed by atoms with Gasteiger partial charge in [-0.2, -0.15) is 4.31 Å². The maximum absolute atomic E-state index is 12.7. The molecule has 0 saturated carbocycles. The largest absolute Gasteiger partial charge is 0.379 e. The van der Waals surface area contributed by atoms with Gasteiger partial charge in [0.25, 0.3) is 10.0 Å². The first-order chi connectivity index (χ1) is 13.4. The zero-order valence-corrected chi connectivity index (χ0v) is 17.8. The summed E-state index contributed by atoms with van der Waals surface area (Å²) in [5, 5.41) is 3.42. The van der Waals surface area contributed by atoms with Crippen LogP contribution >= 0.6 is 22.9 Å². The summed E-state index contributed by atoms with van der Waals surface area (Å²) in [6.07, 6.45) is 0. The van der Waals surface area contributed by atoms with Crippen LogP contribution < -0.4 is 5.32 Å². The van der Waals surface area contributed by atoms with E-state index < -0.39 is 10.0 Å². The summed E-state index contributed by atoms with van der Waals surface area (Å²) < 4.78 is 32.2. The van der Waals surface area contributed by atoms with Crippen LogP contribution in [0.2, 0.25) is 5.02 Å². The minimum absolute atomic E-state index is 0.258. The SMILES string of the molecule is CN(Cc1ccccc1Cl)C(=O)NCc1ccc(S(=O)(=O)N2CCOCC2)s1. The van der Waals surface area contributed by atoms with Crippen LogP contribution in [0.25, 0.3) is 0 Å². The lowest BCUT2D eigenvalue weighted by Gasteiger charge is -2.25. The standard InChI is InChI=1S/C18H22ClN3O4S2/c1-21(13-14-4-2-3-5-16(14)19)18(23)20-12-15-6-7-17(27-15)28(24,25)22-8-10-26-11-9-22/h2-7H,8-13H2,1H3,(H,20,23). The lowest BCUT2D eigenvalue weighted by Crippen LogP contribution is -2.40. The van der Waals surface area contributed by atoms with Crippen molar-refractivity contribution < 1.29 is 17.9 Å². The van der Waals surface area contributed by atoms with Crippen molar-refractivity contribution in [1.29, 1.82) is 0 Å². The summed E-state index contributed by atoms with van der Waals surface area (Å²) in [4.78, 5) is 14.6. The topological polar surface area (TPSA) is 79.0 Å². The second-order valence-electron chi connectivity index (χ2n) is 6.34. The van der Waals surface area contributed by atoms with Crippen molar-refractivity contribution in [3.8, 4) is 0 Å². The van der Waals surface area contributed by atoms with Crippen LogP contribution in [-0.2, 0) is 27.8 Å². The fourth-order valence-corrected chi connectivity index (χ4v) is 5.81. The molecule has 3 rings (SSSR count). The van der Waals surface area contributed by atoms with E-state index in [0.29, 0.717) is 37.9 Å². The first-order valence-electron chi connectivity index (χ1n) is 8.77. The Kier molecular flexibility index (Phi) is 6.95. The van der Waals surface area contributed by atoms with E-state index in [2.05, 4.69) is 5.32 Å². The number of rotatable bonds is 6. The molecule has 0 atom stereocenters. The molecule has 1 saturated heterocycles. The predicted octanol–water partition coefficient (Wildman–Crippen LogP) is 2.76. The molecule has 28 heavy (non-hydrogen) atoms. The maximum atomic E-state index is 12.7. The van der Waals surface area contributed by atoms with Crippen molar-refractivity contribution in [3.63, 3.8) is 0 Å². The Bertz CT molecular complexity index is 926. The average molecular weight is 444 g/mol. The van der Waals surface area contributed by atoms with Crippen molar-refractivity contribution in [2.75, 3.05) is 33.4 Å². The second-order valence-corrected chi connectivity index (χ2v) is 10.1. The van der Waals surface area contributed by atoms with Crippen molar-refractivity contribution in [2.45, 2.75) is 17.3 Å². The van der Waals surface area contributed by atoms with E-state index in [4.69, 9.17) is 16.3 Å². The van der Waals surface area contributed by atoms with E-state index in [9.17, 15) is 13.2 Å². The molecule has 0 unspecified atom stereocenters. The minimum Gasteiger partial charge on any atom is -0.379 e. The molecule has 0 spiro atoms. The number of sulfonamides is 1. The Morgan fingerprint density at radius 2 is 1.96 bits per heavy atom. The fraction of sp³-hybridized carbons (Fsp3) is 0.389. The van der Waals surface area contributed by atoms with Gasteiger partial charge in [-0.3, -0.25) is 0 Å². The van der Waals surface area contributed by atoms with Crippen molar-refractivity contribution in [3.05, 3.63) is 51.9 Å². The summed E-state index contributed by atoms with van der Waals surface area (Å²) in [6.45, 7) is 2.18. The molecule has 152 valence electrons. The highest BCUT2D eigenvalue weighted by atomic mass is 35.5. The molecule has 1 N–H and O–H groups in total. The summed E-state index contributed by atoms with van der Waals surface area (Å²) in [5.74, 6) is 0. The highest BCUT2D eigenvalue weighted by Gasteiger charge is 2.27. The molecule has 2 amide bonds. The van der Waals surface area contributed by atoms with Crippen molar-refractivity contribution in [1.82, 2.24) is 14.5 Å². The van der Waals surface area contributed by atoms with Gasteiger partial charge in [-0.15, -0.1) is 11.3 Å². The number of hydrogen-bond acceptors (Lipinski definition) is 5. The molecule has 0 radical (unpaired) electrons. The molecule has 2 aromatic rings. The van der Waals surface area contributed by atoms with Crippen molar-refractivity contribution in [2.24, 2.45) is 0 Å². The minimum atomic E-state index is -3.51. The van der Waals surface area contributed by atoms with E-state index in [-0.39, 0.29) is 16.8 Å². The zero-order valence-electron chi connectivity index (χ0n) is 15.4.